The summed E-state index contributed by atoms with van der Waals surface area (Å²) in [5.74, 6) is -1.23. The molecule has 0 saturated carbocycles. The van der Waals surface area contributed by atoms with Gasteiger partial charge < -0.3 is 9.84 Å². The van der Waals surface area contributed by atoms with Crippen LogP contribution in [0.15, 0.2) is 12.1 Å². The van der Waals surface area contributed by atoms with Gasteiger partial charge in [-0.1, -0.05) is 13.0 Å². The number of methoxy groups -OCH3 is 1. The van der Waals surface area contributed by atoms with Gasteiger partial charge in [0.15, 0.2) is 6.29 Å². The summed E-state index contributed by atoms with van der Waals surface area (Å²) in [7, 11) is 1.29. The zero-order valence-corrected chi connectivity index (χ0v) is 12.5. The molecule has 0 bridgehead atoms. The minimum atomic E-state index is -5.08. The predicted molar refractivity (Wildman–Crippen MR) is 72.4 cm³/mol. The number of carbonyl (C=O) groups excluding carboxylic acids is 1. The van der Waals surface area contributed by atoms with E-state index >= 15 is 0 Å². The fourth-order valence-electron chi connectivity index (χ4n) is 2.36. The maximum absolute atomic E-state index is 13.5. The van der Waals surface area contributed by atoms with E-state index in [9.17, 15) is 27.5 Å². The van der Waals surface area contributed by atoms with Gasteiger partial charge in [-0.05, 0) is 37.3 Å². The van der Waals surface area contributed by atoms with Crippen LogP contribution in [-0.4, -0.2) is 30.3 Å². The molecule has 1 aromatic carbocycles. The summed E-state index contributed by atoms with van der Waals surface area (Å²) in [5, 5.41) is 9.60. The Morgan fingerprint density at radius 3 is 2.36 bits per heavy atom. The zero-order valence-electron chi connectivity index (χ0n) is 12.5. The largest absolute Gasteiger partial charge is 0.496 e. The number of hydrogen-bond donors (Lipinski definition) is 1. The number of halogens is 4. The van der Waals surface area contributed by atoms with Gasteiger partial charge >= 0.3 is 6.18 Å². The zero-order chi connectivity index (χ0) is 17.1. The minimum absolute atomic E-state index is 0.127. The van der Waals surface area contributed by atoms with Gasteiger partial charge in [-0.15, -0.1) is 0 Å². The lowest BCUT2D eigenvalue weighted by Gasteiger charge is -2.29. The number of carbonyl (C=O) groups is 1. The van der Waals surface area contributed by atoms with Gasteiger partial charge in [0.25, 0.3) is 0 Å². The van der Waals surface area contributed by atoms with Crippen LogP contribution in [-0.2, 0) is 4.79 Å². The molecule has 0 amide bonds. The molecule has 0 radical (unpaired) electrons. The van der Waals surface area contributed by atoms with E-state index in [1.54, 1.807) is 6.92 Å². The summed E-state index contributed by atoms with van der Waals surface area (Å²) in [5.41, 5.74) is -2.95. The minimum Gasteiger partial charge on any atom is -0.496 e. The third-order valence-corrected chi connectivity index (χ3v) is 3.75. The highest BCUT2D eigenvalue weighted by Crippen LogP contribution is 2.41. The Kier molecular flexibility index (Phi) is 5.56. The number of aliphatic hydroxyl groups is 1. The van der Waals surface area contributed by atoms with Crippen molar-refractivity contribution < 1.29 is 32.2 Å². The molecule has 1 aromatic rings. The maximum atomic E-state index is 13.5. The van der Waals surface area contributed by atoms with Crippen molar-refractivity contribution in [2.24, 2.45) is 0 Å². The number of rotatable bonds is 6. The average molecular weight is 322 g/mol. The highest BCUT2D eigenvalue weighted by Gasteiger charge is 2.54. The quantitative estimate of drug-likeness (QED) is 0.644. The van der Waals surface area contributed by atoms with E-state index in [-0.39, 0.29) is 17.7 Å². The molecule has 1 rings (SSSR count). The van der Waals surface area contributed by atoms with E-state index in [2.05, 4.69) is 0 Å². The van der Waals surface area contributed by atoms with E-state index in [1.165, 1.54) is 20.1 Å². The summed E-state index contributed by atoms with van der Waals surface area (Å²) in [6.07, 6.45) is -6.21. The van der Waals surface area contributed by atoms with Crippen molar-refractivity contribution in [3.63, 3.8) is 0 Å². The molecule has 22 heavy (non-hydrogen) atoms. The van der Waals surface area contributed by atoms with Gasteiger partial charge in [0.1, 0.15) is 11.6 Å². The molecule has 0 aromatic heterocycles. The van der Waals surface area contributed by atoms with E-state index in [0.29, 0.717) is 5.56 Å². The molecule has 0 saturated heterocycles. The van der Waals surface area contributed by atoms with E-state index < -0.39 is 36.2 Å². The third-order valence-electron chi connectivity index (χ3n) is 3.75. The SMILES string of the molecule is CCC(CC(O)(C=O)C(F)(F)F)c1ccc(F)c(C)c1OC. The van der Waals surface area contributed by atoms with Crippen molar-refractivity contribution in [1.29, 1.82) is 0 Å². The second-order valence-electron chi connectivity index (χ2n) is 5.14. The lowest BCUT2D eigenvalue weighted by atomic mass is 9.83. The van der Waals surface area contributed by atoms with Gasteiger partial charge in [-0.25, -0.2) is 4.39 Å². The number of ether oxygens (including phenoxy) is 1. The number of benzene rings is 1. The number of hydrogen-bond acceptors (Lipinski definition) is 3. The monoisotopic (exact) mass is 322 g/mol. The van der Waals surface area contributed by atoms with Crippen LogP contribution in [0.25, 0.3) is 0 Å². The highest BCUT2D eigenvalue weighted by atomic mass is 19.4. The first-order valence-electron chi connectivity index (χ1n) is 6.69. The highest BCUT2D eigenvalue weighted by molar-refractivity contribution is 5.64. The topological polar surface area (TPSA) is 46.5 Å². The molecule has 0 heterocycles. The lowest BCUT2D eigenvalue weighted by Crippen LogP contribution is -2.47. The summed E-state index contributed by atoms with van der Waals surface area (Å²) < 4.78 is 57.2. The van der Waals surface area contributed by atoms with Crippen LogP contribution in [0.1, 0.15) is 36.8 Å². The first-order chi connectivity index (χ1) is 10.1. The Bertz CT molecular complexity index is 542. The van der Waals surface area contributed by atoms with Crippen molar-refractivity contribution in [1.82, 2.24) is 0 Å². The van der Waals surface area contributed by atoms with Gasteiger partial charge in [0, 0.05) is 5.56 Å². The van der Waals surface area contributed by atoms with Crippen LogP contribution in [0.5, 0.6) is 5.75 Å². The van der Waals surface area contributed by atoms with Crippen molar-refractivity contribution in [2.45, 2.75) is 44.4 Å². The molecule has 2 unspecified atom stereocenters. The molecule has 3 nitrogen and oxygen atoms in total. The molecule has 7 heteroatoms. The van der Waals surface area contributed by atoms with Crippen molar-refractivity contribution >= 4 is 6.29 Å². The molecule has 2 atom stereocenters. The Balaban J connectivity index is 3.29. The van der Waals surface area contributed by atoms with Crippen LogP contribution < -0.4 is 4.74 Å². The van der Waals surface area contributed by atoms with Crippen LogP contribution in [0.4, 0.5) is 17.6 Å². The molecular weight excluding hydrogens is 304 g/mol. The van der Waals surface area contributed by atoms with E-state index in [0.717, 1.165) is 6.07 Å². The van der Waals surface area contributed by atoms with E-state index in [1.807, 2.05) is 0 Å². The Labute approximate surface area is 125 Å². The van der Waals surface area contributed by atoms with Crippen LogP contribution in [0.2, 0.25) is 0 Å². The van der Waals surface area contributed by atoms with Gasteiger partial charge in [0.05, 0.1) is 7.11 Å². The van der Waals surface area contributed by atoms with Gasteiger partial charge in [0.2, 0.25) is 5.60 Å². The fourth-order valence-corrected chi connectivity index (χ4v) is 2.36. The first-order valence-corrected chi connectivity index (χ1v) is 6.69. The van der Waals surface area contributed by atoms with Crippen molar-refractivity contribution in [3.8, 4) is 5.75 Å². The van der Waals surface area contributed by atoms with Crippen LogP contribution in [0, 0.1) is 12.7 Å². The molecule has 0 spiro atoms. The molecule has 1 N–H and O–H groups in total. The standard InChI is InChI=1S/C15H18F4O3/c1-4-10(7-14(21,8-20)15(17,18)19)11-5-6-12(16)9(2)13(11)22-3/h5-6,8,10,21H,4,7H2,1-3H3. The Morgan fingerprint density at radius 1 is 1.36 bits per heavy atom. The summed E-state index contributed by atoms with van der Waals surface area (Å²) in [4.78, 5) is 10.8. The van der Waals surface area contributed by atoms with Crippen LogP contribution >= 0.6 is 0 Å². The first kappa shape index (κ1) is 18.4. The Hall–Kier alpha value is -1.63. The molecule has 124 valence electrons. The number of alkyl halides is 3. The maximum Gasteiger partial charge on any atom is 0.424 e. The van der Waals surface area contributed by atoms with Crippen LogP contribution in [0.3, 0.4) is 0 Å². The smallest absolute Gasteiger partial charge is 0.424 e. The van der Waals surface area contributed by atoms with Crippen molar-refractivity contribution in [2.75, 3.05) is 7.11 Å². The fraction of sp³-hybridized carbons (Fsp3) is 0.533. The van der Waals surface area contributed by atoms with Crippen molar-refractivity contribution in [3.05, 3.63) is 29.1 Å². The normalized spacial score (nSPS) is 16.0. The Morgan fingerprint density at radius 2 is 1.95 bits per heavy atom. The molecule has 0 aliphatic heterocycles. The van der Waals surface area contributed by atoms with Gasteiger partial charge in [-0.3, -0.25) is 4.79 Å². The number of aldehydes is 1. The molecule has 0 fully saturated rings. The average Bonchev–Trinajstić information content (AvgIpc) is 2.46. The molecule has 0 aliphatic rings. The summed E-state index contributed by atoms with van der Waals surface area (Å²) >= 11 is 0. The summed E-state index contributed by atoms with van der Waals surface area (Å²) in [6.45, 7) is 3.06. The second kappa shape index (κ2) is 6.64. The summed E-state index contributed by atoms with van der Waals surface area (Å²) in [6, 6.07) is 2.44. The third kappa shape index (κ3) is 3.40. The lowest BCUT2D eigenvalue weighted by molar-refractivity contribution is -0.247. The predicted octanol–water partition coefficient (Wildman–Crippen LogP) is 3.52. The van der Waals surface area contributed by atoms with Gasteiger partial charge in [-0.2, -0.15) is 13.2 Å². The molecular formula is C15H18F4O3. The second-order valence-corrected chi connectivity index (χ2v) is 5.14. The molecule has 0 aliphatic carbocycles. The van der Waals surface area contributed by atoms with E-state index in [4.69, 9.17) is 4.74 Å².